The van der Waals surface area contributed by atoms with Crippen LogP contribution in [-0.4, -0.2) is 32.9 Å². The van der Waals surface area contributed by atoms with Gasteiger partial charge in [-0.3, -0.25) is 9.59 Å². The number of nitrogens with one attached hydrogen (secondary N) is 2. The molecule has 10 heteroatoms. The summed E-state index contributed by atoms with van der Waals surface area (Å²) in [6.45, 7) is 4.57. The zero-order valence-corrected chi connectivity index (χ0v) is 18.9. The van der Waals surface area contributed by atoms with E-state index in [9.17, 15) is 18.0 Å². The van der Waals surface area contributed by atoms with Crippen molar-refractivity contribution < 1.29 is 22.7 Å². The maximum atomic E-state index is 12.5. The number of esters is 1. The Morgan fingerprint density at radius 1 is 1.07 bits per heavy atom. The second-order valence-corrected chi connectivity index (χ2v) is 9.47. The van der Waals surface area contributed by atoms with E-state index in [1.807, 2.05) is 6.92 Å². The number of amides is 1. The average Bonchev–Trinajstić information content (AvgIpc) is 2.67. The lowest BCUT2D eigenvalue weighted by Crippen LogP contribution is -2.45. The summed E-state index contributed by atoms with van der Waals surface area (Å²) in [5.74, 6) is -1.86. The molecule has 0 fully saturated rings. The quantitative estimate of drug-likeness (QED) is 0.569. The van der Waals surface area contributed by atoms with Crippen LogP contribution in [0, 0.1) is 12.8 Å². The molecule has 0 aliphatic heterocycles. The Balaban J connectivity index is 2.00. The Morgan fingerprint density at radius 3 is 2.27 bits per heavy atom. The summed E-state index contributed by atoms with van der Waals surface area (Å²) in [4.78, 5) is 24.5. The van der Waals surface area contributed by atoms with Gasteiger partial charge in [-0.15, -0.1) is 0 Å². The van der Waals surface area contributed by atoms with Gasteiger partial charge in [0.25, 0.3) is 5.91 Å². The van der Waals surface area contributed by atoms with Gasteiger partial charge in [0.1, 0.15) is 6.04 Å². The molecule has 0 aromatic heterocycles. The van der Waals surface area contributed by atoms with Crippen LogP contribution in [0.1, 0.15) is 19.4 Å². The van der Waals surface area contributed by atoms with Gasteiger partial charge < -0.3 is 10.1 Å². The number of ether oxygens (including phenoxy) is 1. The molecule has 0 saturated heterocycles. The maximum Gasteiger partial charge on any atom is 0.324 e. The lowest BCUT2D eigenvalue weighted by Gasteiger charge is -2.20. The van der Waals surface area contributed by atoms with E-state index >= 15 is 0 Å². The van der Waals surface area contributed by atoms with Gasteiger partial charge in [0, 0.05) is 15.7 Å². The molecule has 0 heterocycles. The van der Waals surface area contributed by atoms with Gasteiger partial charge in [-0.05, 0) is 54.8 Å². The van der Waals surface area contributed by atoms with Crippen LogP contribution >= 0.6 is 23.2 Å². The second kappa shape index (κ2) is 10.3. The standard InChI is InChI=1S/C20H22Cl2N2O5S/c1-12(2)19(24-30(27,28)16-8-5-14(21)6-9-16)20(26)29-11-18(25)23-15-7-4-13(3)17(22)10-15/h4-10,12,19,24H,11H2,1-3H3,(H,23,25)/t19-/m1/s1. The molecule has 2 N–H and O–H groups in total. The SMILES string of the molecule is Cc1ccc(NC(=O)COC(=O)[C@H](NS(=O)(=O)c2ccc(Cl)cc2)C(C)C)cc1Cl. The van der Waals surface area contributed by atoms with Gasteiger partial charge in [0.2, 0.25) is 10.0 Å². The summed E-state index contributed by atoms with van der Waals surface area (Å²) in [7, 11) is -3.99. The van der Waals surface area contributed by atoms with Crippen LogP contribution in [0.5, 0.6) is 0 Å². The minimum Gasteiger partial charge on any atom is -0.454 e. The first-order valence-corrected chi connectivity index (χ1v) is 11.2. The number of rotatable bonds is 8. The fourth-order valence-corrected chi connectivity index (χ4v) is 4.04. The van der Waals surface area contributed by atoms with Crippen LogP contribution in [-0.2, 0) is 24.3 Å². The van der Waals surface area contributed by atoms with E-state index < -0.39 is 40.5 Å². The summed E-state index contributed by atoms with van der Waals surface area (Å²) in [5, 5.41) is 3.43. The molecule has 2 aromatic rings. The molecule has 0 spiro atoms. The number of hydrogen-bond acceptors (Lipinski definition) is 5. The first kappa shape index (κ1) is 24.1. The third-order valence-electron chi connectivity index (χ3n) is 4.13. The average molecular weight is 473 g/mol. The highest BCUT2D eigenvalue weighted by Gasteiger charge is 2.30. The monoisotopic (exact) mass is 472 g/mol. The molecular weight excluding hydrogens is 451 g/mol. The predicted molar refractivity (Wildman–Crippen MR) is 116 cm³/mol. The van der Waals surface area contributed by atoms with Crippen molar-refractivity contribution in [2.75, 3.05) is 11.9 Å². The van der Waals surface area contributed by atoms with Crippen molar-refractivity contribution in [2.45, 2.75) is 31.7 Å². The first-order chi connectivity index (χ1) is 14.0. The zero-order chi connectivity index (χ0) is 22.5. The number of halogens is 2. The van der Waals surface area contributed by atoms with Crippen molar-refractivity contribution >= 4 is 50.8 Å². The van der Waals surface area contributed by atoms with Crippen LogP contribution in [0.15, 0.2) is 47.4 Å². The van der Waals surface area contributed by atoms with Gasteiger partial charge in [0.05, 0.1) is 4.90 Å². The van der Waals surface area contributed by atoms with E-state index in [0.717, 1.165) is 5.56 Å². The highest BCUT2D eigenvalue weighted by atomic mass is 35.5. The molecule has 0 bridgehead atoms. The number of sulfonamides is 1. The lowest BCUT2D eigenvalue weighted by atomic mass is 10.1. The molecule has 2 aromatic carbocycles. The molecule has 162 valence electrons. The molecule has 30 heavy (non-hydrogen) atoms. The Kier molecular flexibility index (Phi) is 8.25. The number of carbonyl (C=O) groups is 2. The molecule has 0 radical (unpaired) electrons. The number of hydrogen-bond donors (Lipinski definition) is 2. The Labute approximate surface area is 185 Å². The predicted octanol–water partition coefficient (Wildman–Crippen LogP) is 3.79. The van der Waals surface area contributed by atoms with Crippen molar-refractivity contribution in [2.24, 2.45) is 5.92 Å². The Hall–Kier alpha value is -2.13. The van der Waals surface area contributed by atoms with Gasteiger partial charge in [0.15, 0.2) is 6.61 Å². The van der Waals surface area contributed by atoms with Crippen LogP contribution in [0.4, 0.5) is 5.69 Å². The summed E-state index contributed by atoms with van der Waals surface area (Å²) in [6, 6.07) is 9.32. The molecule has 2 rings (SSSR count). The van der Waals surface area contributed by atoms with Gasteiger partial charge >= 0.3 is 5.97 Å². The van der Waals surface area contributed by atoms with Crippen molar-refractivity contribution in [1.82, 2.24) is 4.72 Å². The maximum absolute atomic E-state index is 12.5. The summed E-state index contributed by atoms with van der Waals surface area (Å²) >= 11 is 11.8. The van der Waals surface area contributed by atoms with E-state index in [1.165, 1.54) is 24.3 Å². The fraction of sp³-hybridized carbons (Fsp3) is 0.300. The summed E-state index contributed by atoms with van der Waals surface area (Å²) in [6.07, 6.45) is 0. The van der Waals surface area contributed by atoms with Crippen LogP contribution in [0.25, 0.3) is 0 Å². The number of carbonyl (C=O) groups excluding carboxylic acids is 2. The third-order valence-corrected chi connectivity index (χ3v) is 6.24. The third kappa shape index (κ3) is 6.70. The lowest BCUT2D eigenvalue weighted by molar-refractivity contribution is -0.150. The first-order valence-electron chi connectivity index (χ1n) is 9.00. The molecule has 7 nitrogen and oxygen atoms in total. The van der Waals surface area contributed by atoms with E-state index in [4.69, 9.17) is 27.9 Å². The summed E-state index contributed by atoms with van der Waals surface area (Å²) in [5.41, 5.74) is 1.31. The van der Waals surface area contributed by atoms with Crippen molar-refractivity contribution in [3.05, 3.63) is 58.1 Å². The molecule has 0 aliphatic rings. The van der Waals surface area contributed by atoms with Crippen LogP contribution in [0.3, 0.4) is 0 Å². The minimum atomic E-state index is -3.99. The molecule has 0 aliphatic carbocycles. The van der Waals surface area contributed by atoms with Crippen molar-refractivity contribution in [1.29, 1.82) is 0 Å². The van der Waals surface area contributed by atoms with Gasteiger partial charge in [-0.25, -0.2) is 8.42 Å². The van der Waals surface area contributed by atoms with Gasteiger partial charge in [-0.2, -0.15) is 4.72 Å². The number of aryl methyl sites for hydroxylation is 1. The largest absolute Gasteiger partial charge is 0.454 e. The minimum absolute atomic E-state index is 0.0423. The molecule has 0 saturated carbocycles. The van der Waals surface area contributed by atoms with E-state index in [0.29, 0.717) is 15.7 Å². The van der Waals surface area contributed by atoms with E-state index in [-0.39, 0.29) is 4.90 Å². The topological polar surface area (TPSA) is 102 Å². The van der Waals surface area contributed by atoms with Crippen LogP contribution in [0.2, 0.25) is 10.0 Å². The van der Waals surface area contributed by atoms with E-state index in [1.54, 1.807) is 32.0 Å². The highest BCUT2D eigenvalue weighted by Crippen LogP contribution is 2.20. The number of anilines is 1. The Bertz CT molecular complexity index is 1020. The normalized spacial score (nSPS) is 12.5. The molecular formula is C20H22Cl2N2O5S. The van der Waals surface area contributed by atoms with E-state index in [2.05, 4.69) is 10.0 Å². The molecule has 1 amide bonds. The summed E-state index contributed by atoms with van der Waals surface area (Å²) < 4.78 is 32.4. The molecule has 1 atom stereocenters. The zero-order valence-electron chi connectivity index (χ0n) is 16.6. The second-order valence-electron chi connectivity index (χ2n) is 6.92. The fourth-order valence-electron chi connectivity index (χ4n) is 2.40. The van der Waals surface area contributed by atoms with Gasteiger partial charge in [-0.1, -0.05) is 43.1 Å². The highest BCUT2D eigenvalue weighted by molar-refractivity contribution is 7.89. The molecule has 0 unspecified atom stereocenters. The van der Waals surface area contributed by atoms with Crippen LogP contribution < -0.4 is 10.0 Å². The number of benzene rings is 2. The van der Waals surface area contributed by atoms with Crippen molar-refractivity contribution in [3.63, 3.8) is 0 Å². The van der Waals surface area contributed by atoms with Crippen molar-refractivity contribution in [3.8, 4) is 0 Å². The Morgan fingerprint density at radius 2 is 1.70 bits per heavy atom. The smallest absolute Gasteiger partial charge is 0.324 e.